The Morgan fingerprint density at radius 3 is 1.14 bits per heavy atom. The molecule has 0 fully saturated rings. The van der Waals surface area contributed by atoms with E-state index in [1.807, 2.05) is 0 Å². The van der Waals surface area contributed by atoms with E-state index >= 15 is 0 Å². The van der Waals surface area contributed by atoms with Gasteiger partial charge in [0.05, 0.1) is 0 Å². The summed E-state index contributed by atoms with van der Waals surface area (Å²) in [6.45, 7) is 2.19. The van der Waals surface area contributed by atoms with E-state index in [2.05, 4.69) is 21.4 Å². The molecule has 0 spiro atoms. The lowest BCUT2D eigenvalue weighted by molar-refractivity contribution is -0.955. The maximum Gasteiger partial charge on any atom is 0.407 e. The molecule has 0 aromatic rings. The van der Waals surface area contributed by atoms with E-state index in [9.17, 15) is 30.3 Å². The standard InChI is InChI=1S/C16H31N3O9/c1-2-3-4-5-6-7-8-9-10-11-12-13-14-15-16(26-17(20)21,27-18(22)23)28-19(24)25/h2-15H2,1H3. The average Bonchev–Trinajstić information content (AvgIpc) is 2.57. The van der Waals surface area contributed by atoms with Crippen molar-refractivity contribution in [1.29, 1.82) is 0 Å². The van der Waals surface area contributed by atoms with Crippen molar-refractivity contribution in [3.05, 3.63) is 30.3 Å². The van der Waals surface area contributed by atoms with Crippen LogP contribution in [0.3, 0.4) is 0 Å². The van der Waals surface area contributed by atoms with Crippen molar-refractivity contribution in [2.45, 2.75) is 103 Å². The zero-order chi connectivity index (χ0) is 21.3. The summed E-state index contributed by atoms with van der Waals surface area (Å²) in [5.74, 6) is -2.99. The number of unbranched alkanes of at least 4 members (excludes halogenated alkanes) is 12. The van der Waals surface area contributed by atoms with Crippen LogP contribution in [0, 0.1) is 30.3 Å². The molecule has 164 valence electrons. The van der Waals surface area contributed by atoms with Gasteiger partial charge in [0, 0.05) is 6.42 Å². The number of nitrogens with zero attached hydrogens (tertiary/aromatic N) is 3. The lowest BCUT2D eigenvalue weighted by Crippen LogP contribution is -2.44. The Kier molecular flexibility index (Phi) is 14.3. The maximum atomic E-state index is 10.5. The first-order chi connectivity index (χ1) is 13.3. The fourth-order valence-corrected chi connectivity index (χ4v) is 2.89. The summed E-state index contributed by atoms with van der Waals surface area (Å²) < 4.78 is 0. The molecule has 0 atom stereocenters. The predicted molar refractivity (Wildman–Crippen MR) is 97.3 cm³/mol. The van der Waals surface area contributed by atoms with E-state index in [4.69, 9.17) is 0 Å². The molecule has 0 radical (unpaired) electrons. The van der Waals surface area contributed by atoms with E-state index in [1.54, 1.807) is 0 Å². The third kappa shape index (κ3) is 14.7. The van der Waals surface area contributed by atoms with Gasteiger partial charge in [0.2, 0.25) is 0 Å². The first-order valence-electron chi connectivity index (χ1n) is 9.82. The van der Waals surface area contributed by atoms with Crippen LogP contribution >= 0.6 is 0 Å². The van der Waals surface area contributed by atoms with Crippen molar-refractivity contribution < 1.29 is 29.8 Å². The fraction of sp³-hybridized carbons (Fsp3) is 1.00. The molecule has 0 aliphatic rings. The van der Waals surface area contributed by atoms with Crippen LogP contribution in [-0.2, 0) is 14.5 Å². The lowest BCUT2D eigenvalue weighted by atomic mass is 10.0. The van der Waals surface area contributed by atoms with E-state index in [1.165, 1.54) is 44.9 Å². The van der Waals surface area contributed by atoms with Gasteiger partial charge in [0.25, 0.3) is 15.3 Å². The van der Waals surface area contributed by atoms with Gasteiger partial charge < -0.3 is 0 Å². The minimum absolute atomic E-state index is 0.174. The van der Waals surface area contributed by atoms with Gasteiger partial charge in [-0.05, 0) is 6.42 Å². The van der Waals surface area contributed by atoms with Crippen molar-refractivity contribution in [1.82, 2.24) is 0 Å². The van der Waals surface area contributed by atoms with E-state index in [0.717, 1.165) is 25.7 Å². The zero-order valence-corrected chi connectivity index (χ0v) is 16.4. The maximum absolute atomic E-state index is 10.5. The molecule has 0 aliphatic heterocycles. The topological polar surface area (TPSA) is 157 Å². The van der Waals surface area contributed by atoms with Gasteiger partial charge in [-0.2, -0.15) is 0 Å². The normalized spacial score (nSPS) is 11.0. The molecule has 12 nitrogen and oxygen atoms in total. The van der Waals surface area contributed by atoms with E-state index in [0.29, 0.717) is 6.42 Å². The Labute approximate surface area is 163 Å². The molecule has 12 heteroatoms. The molecule has 0 unspecified atom stereocenters. The number of hydrogen-bond donors (Lipinski definition) is 0. The van der Waals surface area contributed by atoms with Crippen LogP contribution in [0.1, 0.15) is 96.8 Å². The third-order valence-corrected chi connectivity index (χ3v) is 4.23. The van der Waals surface area contributed by atoms with Crippen LogP contribution in [0.15, 0.2) is 0 Å². The molecule has 0 heterocycles. The van der Waals surface area contributed by atoms with Gasteiger partial charge in [-0.3, -0.25) is 14.5 Å². The van der Waals surface area contributed by atoms with Crippen LogP contribution in [0.2, 0.25) is 0 Å². The molecular formula is C16H31N3O9. The molecule has 28 heavy (non-hydrogen) atoms. The van der Waals surface area contributed by atoms with E-state index < -0.39 is 27.7 Å². The highest BCUT2D eigenvalue weighted by atomic mass is 17.2. The molecule has 0 aromatic carbocycles. The summed E-state index contributed by atoms with van der Waals surface area (Å²) >= 11 is 0. The minimum atomic E-state index is -2.99. The van der Waals surface area contributed by atoms with Crippen molar-refractivity contribution in [3.8, 4) is 0 Å². The second kappa shape index (κ2) is 15.6. The molecule has 0 bridgehead atoms. The Balaban J connectivity index is 3.99. The molecule has 0 N–H and O–H groups in total. The van der Waals surface area contributed by atoms with Gasteiger partial charge >= 0.3 is 5.97 Å². The number of hydrogen-bond acceptors (Lipinski definition) is 9. The highest BCUT2D eigenvalue weighted by Gasteiger charge is 2.43. The molecule has 0 saturated carbocycles. The van der Waals surface area contributed by atoms with Gasteiger partial charge in [0.1, 0.15) is 0 Å². The van der Waals surface area contributed by atoms with Crippen molar-refractivity contribution in [3.63, 3.8) is 0 Å². The molecule has 0 rings (SSSR count). The Morgan fingerprint density at radius 1 is 0.571 bits per heavy atom. The van der Waals surface area contributed by atoms with E-state index in [-0.39, 0.29) is 6.42 Å². The zero-order valence-electron chi connectivity index (χ0n) is 16.4. The van der Waals surface area contributed by atoms with Gasteiger partial charge in [-0.15, -0.1) is 30.3 Å². The molecular weight excluding hydrogens is 378 g/mol. The van der Waals surface area contributed by atoms with Gasteiger partial charge in [-0.1, -0.05) is 84.0 Å². The second-order valence-corrected chi connectivity index (χ2v) is 6.62. The fourth-order valence-electron chi connectivity index (χ4n) is 2.89. The third-order valence-electron chi connectivity index (χ3n) is 4.23. The average molecular weight is 409 g/mol. The summed E-state index contributed by atoms with van der Waals surface area (Å²) in [6, 6.07) is 0. The summed E-state index contributed by atoms with van der Waals surface area (Å²) in [7, 11) is 0. The summed E-state index contributed by atoms with van der Waals surface area (Å²) in [5, 5.41) is 27.2. The molecule has 0 aromatic heterocycles. The summed E-state index contributed by atoms with van der Waals surface area (Å²) in [4.78, 5) is 43.4. The highest BCUT2D eigenvalue weighted by Crippen LogP contribution is 2.24. The first-order valence-corrected chi connectivity index (χ1v) is 9.82. The highest BCUT2D eigenvalue weighted by molar-refractivity contribution is 4.55. The molecule has 0 amide bonds. The number of rotatable bonds is 20. The smallest absolute Gasteiger partial charge is 0.250 e. The van der Waals surface area contributed by atoms with Gasteiger partial charge in [-0.25, -0.2) is 0 Å². The van der Waals surface area contributed by atoms with Crippen molar-refractivity contribution in [2.24, 2.45) is 0 Å². The second-order valence-electron chi connectivity index (χ2n) is 6.62. The Bertz CT molecular complexity index is 422. The Morgan fingerprint density at radius 2 is 0.857 bits per heavy atom. The van der Waals surface area contributed by atoms with Crippen LogP contribution in [0.5, 0.6) is 0 Å². The van der Waals surface area contributed by atoms with Crippen LogP contribution in [-0.4, -0.2) is 21.2 Å². The molecule has 0 aliphatic carbocycles. The van der Waals surface area contributed by atoms with Crippen LogP contribution < -0.4 is 0 Å². The first kappa shape index (κ1) is 25.6. The lowest BCUT2D eigenvalue weighted by Gasteiger charge is -2.25. The minimum Gasteiger partial charge on any atom is -0.250 e. The van der Waals surface area contributed by atoms with Crippen molar-refractivity contribution >= 4 is 0 Å². The van der Waals surface area contributed by atoms with Crippen LogP contribution in [0.4, 0.5) is 0 Å². The quantitative estimate of drug-likeness (QED) is 0.120. The largest absolute Gasteiger partial charge is 0.407 e. The SMILES string of the molecule is CCCCCCCCCCCCCCCC(O[N+](=O)[O-])(O[N+](=O)[O-])O[N+](=O)[O-]. The summed E-state index contributed by atoms with van der Waals surface area (Å²) in [5.41, 5.74) is 0. The van der Waals surface area contributed by atoms with Gasteiger partial charge in [0.15, 0.2) is 0 Å². The van der Waals surface area contributed by atoms with Crippen molar-refractivity contribution in [2.75, 3.05) is 0 Å². The predicted octanol–water partition coefficient (Wildman–Crippen LogP) is 4.75. The monoisotopic (exact) mass is 409 g/mol. The van der Waals surface area contributed by atoms with Crippen LogP contribution in [0.25, 0.3) is 0 Å². The molecule has 0 saturated heterocycles. The summed E-state index contributed by atoms with van der Waals surface area (Å²) in [6.07, 6.45) is 13.0. The Hall–Kier alpha value is -2.40.